The predicted molar refractivity (Wildman–Crippen MR) is 125 cm³/mol. The van der Waals surface area contributed by atoms with Gasteiger partial charge in [0, 0.05) is 28.9 Å². The highest BCUT2D eigenvalue weighted by Gasteiger charge is 2.19. The normalized spacial score (nSPS) is 11.6. The number of fused-ring (bicyclic) bond motifs is 1. The van der Waals surface area contributed by atoms with Crippen molar-refractivity contribution < 1.29 is 10.3 Å². The lowest BCUT2D eigenvalue weighted by Gasteiger charge is -2.20. The summed E-state index contributed by atoms with van der Waals surface area (Å²) in [7, 11) is 0. The third-order valence-electron chi connectivity index (χ3n) is 4.30. The molecular formula is C21H16Cl3N3O3S. The van der Waals surface area contributed by atoms with Crippen LogP contribution >= 0.6 is 46.6 Å². The van der Waals surface area contributed by atoms with Gasteiger partial charge in [-0.25, -0.2) is 4.98 Å². The molecule has 0 amide bonds. The summed E-state index contributed by atoms with van der Waals surface area (Å²) in [6, 6.07) is 18.3. The lowest BCUT2D eigenvalue weighted by atomic mass is 10.0. The number of hydrogen-bond acceptors (Lipinski definition) is 4. The van der Waals surface area contributed by atoms with Crippen molar-refractivity contribution in [2.24, 2.45) is 0 Å². The van der Waals surface area contributed by atoms with Gasteiger partial charge in [0.1, 0.15) is 0 Å². The highest BCUT2D eigenvalue weighted by Crippen LogP contribution is 2.45. The molecule has 31 heavy (non-hydrogen) atoms. The van der Waals surface area contributed by atoms with E-state index in [2.05, 4.69) is 45.9 Å². The van der Waals surface area contributed by atoms with E-state index in [9.17, 15) is 0 Å². The quantitative estimate of drug-likeness (QED) is 0.180. The van der Waals surface area contributed by atoms with Crippen LogP contribution in [0.4, 0.5) is 0 Å². The van der Waals surface area contributed by atoms with Crippen LogP contribution < -0.4 is 0 Å². The Morgan fingerprint density at radius 2 is 1.71 bits per heavy atom. The summed E-state index contributed by atoms with van der Waals surface area (Å²) in [5.41, 5.74) is 1.20. The molecule has 0 fully saturated rings. The average molecular weight is 497 g/mol. The predicted octanol–water partition coefficient (Wildman–Crippen LogP) is 7.18. The van der Waals surface area contributed by atoms with Gasteiger partial charge in [-0.2, -0.15) is 0 Å². The van der Waals surface area contributed by atoms with Crippen molar-refractivity contribution in [1.82, 2.24) is 9.55 Å². The first-order valence-corrected chi connectivity index (χ1v) is 10.9. The Morgan fingerprint density at radius 1 is 1.06 bits per heavy atom. The molecule has 10 heteroatoms. The van der Waals surface area contributed by atoms with E-state index in [0.29, 0.717) is 15.1 Å². The van der Waals surface area contributed by atoms with E-state index in [1.54, 1.807) is 30.1 Å². The number of thioether (sulfide) groups is 1. The van der Waals surface area contributed by atoms with E-state index in [4.69, 9.17) is 50.1 Å². The molecule has 0 saturated carbocycles. The van der Waals surface area contributed by atoms with Crippen LogP contribution in [0.3, 0.4) is 0 Å². The summed E-state index contributed by atoms with van der Waals surface area (Å²) in [5, 5.41) is 17.8. The maximum Gasteiger partial charge on any atom is 0.291 e. The Kier molecular flexibility index (Phi) is 8.03. The van der Waals surface area contributed by atoms with Crippen molar-refractivity contribution in [3.8, 4) is 0 Å². The van der Waals surface area contributed by atoms with Gasteiger partial charge in [-0.15, -0.1) is 21.9 Å². The first-order chi connectivity index (χ1) is 14.8. The van der Waals surface area contributed by atoms with Crippen molar-refractivity contribution in [1.29, 1.82) is 0 Å². The monoisotopic (exact) mass is 495 g/mol. The maximum atomic E-state index is 8.36. The maximum absolute atomic E-state index is 8.36. The van der Waals surface area contributed by atoms with E-state index < -0.39 is 5.09 Å². The molecule has 1 aromatic heterocycles. The number of nitrogens with zero attached hydrogens (tertiary/aromatic N) is 3. The summed E-state index contributed by atoms with van der Waals surface area (Å²) in [6.07, 6.45) is 5.56. The molecule has 0 aliphatic carbocycles. The van der Waals surface area contributed by atoms with E-state index in [1.165, 1.54) is 16.3 Å². The Morgan fingerprint density at radius 3 is 2.32 bits per heavy atom. The third kappa shape index (κ3) is 6.51. The van der Waals surface area contributed by atoms with Crippen molar-refractivity contribution in [2.45, 2.75) is 16.7 Å². The fraction of sp³-hybridized carbons (Fsp3) is 0.0952. The van der Waals surface area contributed by atoms with Crippen molar-refractivity contribution in [2.75, 3.05) is 0 Å². The van der Waals surface area contributed by atoms with Crippen LogP contribution in [0.5, 0.6) is 0 Å². The highest BCUT2D eigenvalue weighted by molar-refractivity contribution is 7.99. The second-order valence-corrected chi connectivity index (χ2v) is 8.87. The molecule has 3 aromatic carbocycles. The van der Waals surface area contributed by atoms with Crippen LogP contribution in [-0.2, 0) is 6.54 Å². The Bertz CT molecular complexity index is 1160. The molecule has 6 nitrogen and oxygen atoms in total. The van der Waals surface area contributed by atoms with Crippen LogP contribution in [0.25, 0.3) is 10.8 Å². The minimum Gasteiger partial charge on any atom is -0.336 e. The molecule has 1 atom stereocenters. The van der Waals surface area contributed by atoms with Crippen LogP contribution in [0.1, 0.15) is 10.8 Å². The second kappa shape index (κ2) is 10.7. The molecule has 4 aromatic rings. The van der Waals surface area contributed by atoms with E-state index in [1.807, 2.05) is 18.6 Å². The van der Waals surface area contributed by atoms with E-state index in [0.717, 1.165) is 11.4 Å². The Hall–Kier alpha value is -2.45. The number of aromatic nitrogens is 2. The van der Waals surface area contributed by atoms with Gasteiger partial charge in [0.25, 0.3) is 5.09 Å². The summed E-state index contributed by atoms with van der Waals surface area (Å²) in [4.78, 5) is 13.4. The molecule has 0 saturated heterocycles. The number of rotatable bonds is 5. The molecule has 0 bridgehead atoms. The van der Waals surface area contributed by atoms with Crippen LogP contribution in [0.2, 0.25) is 15.1 Å². The SMILES string of the molecule is Clc1cc(Cl)c(SC(Cn2ccnc2)c2ccc3ccccc3c2)c(Cl)c1.O=[N+]([O-])O. The zero-order valence-corrected chi connectivity index (χ0v) is 18.9. The molecule has 1 unspecified atom stereocenters. The molecule has 4 rings (SSSR count). The number of hydrogen-bond donors (Lipinski definition) is 1. The molecular weight excluding hydrogens is 481 g/mol. The largest absolute Gasteiger partial charge is 0.336 e. The summed E-state index contributed by atoms with van der Waals surface area (Å²) in [6.45, 7) is 0.748. The Balaban J connectivity index is 0.000000628. The zero-order chi connectivity index (χ0) is 22.4. The van der Waals surface area contributed by atoms with Crippen molar-refractivity contribution >= 4 is 57.3 Å². The summed E-state index contributed by atoms with van der Waals surface area (Å²) in [5.74, 6) is 0. The highest BCUT2D eigenvalue weighted by atomic mass is 35.5. The molecule has 0 spiro atoms. The minimum atomic E-state index is -1.50. The van der Waals surface area contributed by atoms with Gasteiger partial charge in [-0.1, -0.05) is 71.2 Å². The molecule has 1 N–H and O–H groups in total. The van der Waals surface area contributed by atoms with Crippen molar-refractivity contribution in [3.63, 3.8) is 0 Å². The van der Waals surface area contributed by atoms with Gasteiger partial charge >= 0.3 is 0 Å². The number of benzene rings is 3. The standard InChI is InChI=1S/C21H15Cl3N2S.HNO3/c22-17-10-18(23)21(19(24)11-17)27-20(12-26-8-7-25-13-26)16-6-5-14-3-1-2-4-15(14)9-16;2-1(3)4/h1-11,13,20H,12H2;(H,2,3,4). The first-order valence-electron chi connectivity index (χ1n) is 8.92. The van der Waals surface area contributed by atoms with E-state index >= 15 is 0 Å². The van der Waals surface area contributed by atoms with Gasteiger partial charge in [0.2, 0.25) is 0 Å². The first kappa shape index (κ1) is 23.2. The second-order valence-electron chi connectivity index (χ2n) is 6.41. The number of halogens is 3. The molecule has 0 aliphatic rings. The van der Waals surface area contributed by atoms with Gasteiger partial charge < -0.3 is 9.77 Å². The fourth-order valence-corrected chi connectivity index (χ4v) is 5.23. The topological polar surface area (TPSA) is 81.2 Å². The van der Waals surface area contributed by atoms with Gasteiger partial charge in [0.05, 0.1) is 21.6 Å². The Labute approximate surface area is 197 Å². The molecule has 0 aliphatic heterocycles. The van der Waals surface area contributed by atoms with Gasteiger partial charge in [0.15, 0.2) is 0 Å². The summed E-state index contributed by atoms with van der Waals surface area (Å²) >= 11 is 20.6. The minimum absolute atomic E-state index is 0.111. The number of imidazole rings is 1. The third-order valence-corrected chi connectivity index (χ3v) is 6.72. The lowest BCUT2D eigenvalue weighted by Crippen LogP contribution is -2.05. The zero-order valence-electron chi connectivity index (χ0n) is 15.9. The summed E-state index contributed by atoms with van der Waals surface area (Å²) < 4.78 is 2.06. The van der Waals surface area contributed by atoms with Gasteiger partial charge in [-0.3, -0.25) is 0 Å². The smallest absolute Gasteiger partial charge is 0.291 e. The van der Waals surface area contributed by atoms with Crippen molar-refractivity contribution in [3.05, 3.63) is 104 Å². The van der Waals surface area contributed by atoms with Crippen LogP contribution in [0, 0.1) is 10.1 Å². The fourth-order valence-electron chi connectivity index (χ4n) is 2.99. The molecule has 1 heterocycles. The average Bonchev–Trinajstić information content (AvgIpc) is 3.22. The van der Waals surface area contributed by atoms with E-state index in [-0.39, 0.29) is 5.25 Å². The van der Waals surface area contributed by atoms with Crippen LogP contribution in [-0.4, -0.2) is 19.8 Å². The molecule has 0 radical (unpaired) electrons. The van der Waals surface area contributed by atoms with Crippen LogP contribution in [0.15, 0.2) is 78.2 Å². The lowest BCUT2D eigenvalue weighted by molar-refractivity contribution is -0.742. The molecule has 160 valence electrons. The van der Waals surface area contributed by atoms with Gasteiger partial charge in [-0.05, 0) is 34.5 Å².